The molecule has 15 heavy (non-hydrogen) atoms. The van der Waals surface area contributed by atoms with Crippen LogP contribution >= 0.6 is 11.6 Å². The highest BCUT2D eigenvalue weighted by molar-refractivity contribution is 6.31. The molecule has 2 rings (SSSR count). The molecule has 1 aliphatic heterocycles. The molecular formula is C11H14ClNO2. The van der Waals surface area contributed by atoms with Crippen molar-refractivity contribution in [3.05, 3.63) is 22.7 Å². The third-order valence-electron chi connectivity index (χ3n) is 2.54. The molecule has 0 bridgehead atoms. The zero-order valence-corrected chi connectivity index (χ0v) is 9.38. The van der Waals surface area contributed by atoms with Gasteiger partial charge in [0, 0.05) is 10.6 Å². The van der Waals surface area contributed by atoms with Crippen molar-refractivity contribution >= 4 is 11.6 Å². The molecule has 0 aliphatic carbocycles. The highest BCUT2D eigenvalue weighted by atomic mass is 35.5. The lowest BCUT2D eigenvalue weighted by Gasteiger charge is -2.24. The van der Waals surface area contributed by atoms with Crippen LogP contribution in [0.3, 0.4) is 0 Å². The molecule has 1 unspecified atom stereocenters. The van der Waals surface area contributed by atoms with Crippen molar-refractivity contribution < 1.29 is 9.47 Å². The molecule has 0 radical (unpaired) electrons. The van der Waals surface area contributed by atoms with Crippen molar-refractivity contribution in [2.75, 3.05) is 19.8 Å². The van der Waals surface area contributed by atoms with E-state index in [-0.39, 0.29) is 5.92 Å². The standard InChI is InChI=1S/C11H14ClNO2/c1-7(6-13)10-8(12)2-3-9-11(10)15-5-4-14-9/h2-3,7H,4-6,13H2,1H3. The van der Waals surface area contributed by atoms with Gasteiger partial charge in [0.2, 0.25) is 0 Å². The minimum absolute atomic E-state index is 0.175. The van der Waals surface area contributed by atoms with Gasteiger partial charge >= 0.3 is 0 Å². The quantitative estimate of drug-likeness (QED) is 0.842. The summed E-state index contributed by atoms with van der Waals surface area (Å²) in [5.41, 5.74) is 6.61. The van der Waals surface area contributed by atoms with Gasteiger partial charge in [-0.2, -0.15) is 0 Å². The summed E-state index contributed by atoms with van der Waals surface area (Å²) in [7, 11) is 0. The van der Waals surface area contributed by atoms with Crippen LogP contribution in [0.15, 0.2) is 12.1 Å². The van der Waals surface area contributed by atoms with Crippen molar-refractivity contribution in [3.8, 4) is 11.5 Å². The lowest BCUT2D eigenvalue weighted by atomic mass is 9.99. The van der Waals surface area contributed by atoms with Crippen LogP contribution < -0.4 is 15.2 Å². The second-order valence-electron chi connectivity index (χ2n) is 3.62. The summed E-state index contributed by atoms with van der Waals surface area (Å²) in [6.45, 7) is 3.72. The van der Waals surface area contributed by atoms with Gasteiger partial charge in [-0.25, -0.2) is 0 Å². The zero-order chi connectivity index (χ0) is 10.8. The van der Waals surface area contributed by atoms with Gasteiger partial charge in [0.25, 0.3) is 0 Å². The molecule has 3 nitrogen and oxygen atoms in total. The number of benzene rings is 1. The van der Waals surface area contributed by atoms with Crippen molar-refractivity contribution in [2.24, 2.45) is 5.73 Å². The van der Waals surface area contributed by atoms with Crippen LogP contribution in [0.4, 0.5) is 0 Å². The van der Waals surface area contributed by atoms with E-state index in [0.717, 1.165) is 17.1 Å². The van der Waals surface area contributed by atoms with E-state index in [1.165, 1.54) is 0 Å². The number of fused-ring (bicyclic) bond motifs is 1. The van der Waals surface area contributed by atoms with Gasteiger partial charge in [-0.15, -0.1) is 0 Å². The molecule has 1 aromatic rings. The monoisotopic (exact) mass is 227 g/mol. The SMILES string of the molecule is CC(CN)c1c(Cl)ccc2c1OCCO2. The largest absolute Gasteiger partial charge is 0.486 e. The molecule has 0 spiro atoms. The molecule has 1 heterocycles. The van der Waals surface area contributed by atoms with Crippen LogP contribution in [-0.2, 0) is 0 Å². The van der Waals surface area contributed by atoms with Crippen molar-refractivity contribution in [1.29, 1.82) is 0 Å². The van der Waals surface area contributed by atoms with E-state index >= 15 is 0 Å². The Bertz CT molecular complexity index is 368. The zero-order valence-electron chi connectivity index (χ0n) is 8.63. The van der Waals surface area contributed by atoms with E-state index in [1.807, 2.05) is 19.1 Å². The predicted molar refractivity (Wildman–Crippen MR) is 59.9 cm³/mol. The maximum Gasteiger partial charge on any atom is 0.166 e. The average Bonchev–Trinajstić information content (AvgIpc) is 2.28. The first-order valence-corrected chi connectivity index (χ1v) is 5.40. The lowest BCUT2D eigenvalue weighted by Crippen LogP contribution is -2.19. The summed E-state index contributed by atoms with van der Waals surface area (Å²) >= 11 is 6.14. The fraction of sp³-hybridized carbons (Fsp3) is 0.455. The topological polar surface area (TPSA) is 44.5 Å². The number of hydrogen-bond donors (Lipinski definition) is 1. The van der Waals surface area contributed by atoms with E-state index in [9.17, 15) is 0 Å². The fourth-order valence-corrected chi connectivity index (χ4v) is 2.03. The fourth-order valence-electron chi connectivity index (χ4n) is 1.69. The molecule has 0 saturated carbocycles. The van der Waals surface area contributed by atoms with Crippen molar-refractivity contribution in [1.82, 2.24) is 0 Å². The second-order valence-corrected chi connectivity index (χ2v) is 4.03. The van der Waals surface area contributed by atoms with Crippen LogP contribution in [-0.4, -0.2) is 19.8 Å². The van der Waals surface area contributed by atoms with Crippen LogP contribution in [0.2, 0.25) is 5.02 Å². The third-order valence-corrected chi connectivity index (χ3v) is 2.87. The van der Waals surface area contributed by atoms with Gasteiger partial charge in [0.05, 0.1) is 0 Å². The first-order valence-electron chi connectivity index (χ1n) is 5.02. The Morgan fingerprint density at radius 2 is 2.13 bits per heavy atom. The Kier molecular flexibility index (Phi) is 3.03. The minimum atomic E-state index is 0.175. The van der Waals surface area contributed by atoms with Crippen molar-refractivity contribution in [3.63, 3.8) is 0 Å². The first kappa shape index (κ1) is 10.6. The predicted octanol–water partition coefficient (Wildman–Crippen LogP) is 2.17. The van der Waals surface area contributed by atoms with Crippen LogP contribution in [0.1, 0.15) is 18.4 Å². The van der Waals surface area contributed by atoms with Crippen LogP contribution in [0.5, 0.6) is 11.5 Å². The van der Waals surface area contributed by atoms with Gasteiger partial charge in [-0.05, 0) is 24.6 Å². The van der Waals surface area contributed by atoms with Crippen LogP contribution in [0.25, 0.3) is 0 Å². The first-order chi connectivity index (χ1) is 7.24. The number of nitrogens with two attached hydrogens (primary N) is 1. The smallest absolute Gasteiger partial charge is 0.166 e. The van der Waals surface area contributed by atoms with E-state index < -0.39 is 0 Å². The Hall–Kier alpha value is -0.930. The molecule has 1 atom stereocenters. The molecule has 0 fully saturated rings. The Morgan fingerprint density at radius 1 is 1.40 bits per heavy atom. The number of ether oxygens (including phenoxy) is 2. The highest BCUT2D eigenvalue weighted by Crippen LogP contribution is 2.41. The van der Waals surface area contributed by atoms with Gasteiger partial charge in [-0.3, -0.25) is 0 Å². The summed E-state index contributed by atoms with van der Waals surface area (Å²) in [6, 6.07) is 3.67. The molecule has 0 aromatic heterocycles. The highest BCUT2D eigenvalue weighted by Gasteiger charge is 2.21. The molecular weight excluding hydrogens is 214 g/mol. The third kappa shape index (κ3) is 1.90. The van der Waals surface area contributed by atoms with Crippen molar-refractivity contribution in [2.45, 2.75) is 12.8 Å². The van der Waals surface area contributed by atoms with E-state index in [2.05, 4.69) is 0 Å². The summed E-state index contributed by atoms with van der Waals surface area (Å²) in [6.07, 6.45) is 0. The minimum Gasteiger partial charge on any atom is -0.486 e. The summed E-state index contributed by atoms with van der Waals surface area (Å²) in [5.74, 6) is 1.70. The van der Waals surface area contributed by atoms with Gasteiger partial charge < -0.3 is 15.2 Å². The van der Waals surface area contributed by atoms with Gasteiger partial charge in [0.15, 0.2) is 11.5 Å². The molecule has 0 amide bonds. The maximum atomic E-state index is 6.14. The molecule has 2 N–H and O–H groups in total. The Labute approximate surface area is 94.1 Å². The van der Waals surface area contributed by atoms with Crippen LogP contribution in [0, 0.1) is 0 Å². The molecule has 82 valence electrons. The summed E-state index contributed by atoms with van der Waals surface area (Å²) in [4.78, 5) is 0. The lowest BCUT2D eigenvalue weighted by molar-refractivity contribution is 0.169. The van der Waals surface area contributed by atoms with E-state index in [1.54, 1.807) is 0 Å². The molecule has 4 heteroatoms. The van der Waals surface area contributed by atoms with Gasteiger partial charge in [0.1, 0.15) is 13.2 Å². The van der Waals surface area contributed by atoms with E-state index in [0.29, 0.717) is 24.8 Å². The second kappa shape index (κ2) is 4.29. The summed E-state index contributed by atoms with van der Waals surface area (Å²) in [5, 5.41) is 0.692. The molecule has 1 aromatic carbocycles. The van der Waals surface area contributed by atoms with E-state index in [4.69, 9.17) is 26.8 Å². The molecule has 0 saturated heterocycles. The normalized spacial score (nSPS) is 16.2. The number of rotatable bonds is 2. The Balaban J connectivity index is 2.50. The van der Waals surface area contributed by atoms with Gasteiger partial charge in [-0.1, -0.05) is 18.5 Å². The Morgan fingerprint density at radius 3 is 2.87 bits per heavy atom. The summed E-state index contributed by atoms with van der Waals surface area (Å²) < 4.78 is 11.1. The number of hydrogen-bond acceptors (Lipinski definition) is 3. The average molecular weight is 228 g/mol. The molecule has 1 aliphatic rings. The number of halogens is 1. The maximum absolute atomic E-state index is 6.14.